The Balaban J connectivity index is 0.000000181. The molecule has 6 aliphatic rings. The highest BCUT2D eigenvalue weighted by atomic mass is 32.2. The van der Waals surface area contributed by atoms with Crippen LogP contribution in [0.25, 0.3) is 0 Å². The van der Waals surface area contributed by atoms with Gasteiger partial charge in [0.05, 0.1) is 68.1 Å². The third-order valence-electron chi connectivity index (χ3n) is 9.60. The van der Waals surface area contributed by atoms with E-state index in [4.69, 9.17) is 18.9 Å². The molecule has 0 spiro atoms. The number of hydrogen-bond acceptors (Lipinski definition) is 11. The average Bonchev–Trinajstić information content (AvgIpc) is 3.86. The lowest BCUT2D eigenvalue weighted by atomic mass is 9.81. The lowest BCUT2D eigenvalue weighted by Crippen LogP contribution is -2.39. The molecule has 0 aromatic carbocycles. The number of carbonyl (C=O) groups excluding carboxylic acids is 2. The molecule has 0 saturated carbocycles. The molecule has 6 heterocycles. The average molecular weight is 783 g/mol. The van der Waals surface area contributed by atoms with Gasteiger partial charge in [-0.2, -0.15) is 26.0 Å². The van der Waals surface area contributed by atoms with Crippen LogP contribution in [-0.4, -0.2) is 114 Å². The van der Waals surface area contributed by atoms with Crippen LogP contribution in [0, 0.1) is 23.7 Å². The standard InChI is InChI=1S/2C8H10O3.C7H12F4O2S.C6H10F4O3S/c2*9-8-7-4(3-10-8)5-1-2-6(7)11-5;1-3-14(12,13)5-4-7(10,11)6(2,8)9;1-5(7,8)6(9,10)3-4-14(11,12)13-2/h2*4-7H,1-3H2;3-5H2,1-2H3;3-4H2,1-2H3. The lowest BCUT2D eigenvalue weighted by Gasteiger charge is -2.22. The van der Waals surface area contributed by atoms with Crippen LogP contribution in [0.3, 0.4) is 0 Å². The van der Waals surface area contributed by atoms with E-state index in [1.807, 2.05) is 0 Å². The second-order valence-electron chi connectivity index (χ2n) is 13.1. The summed E-state index contributed by atoms with van der Waals surface area (Å²) in [4.78, 5) is 22.3. The van der Waals surface area contributed by atoms with E-state index in [9.17, 15) is 61.5 Å². The topological polar surface area (TPSA) is 149 Å². The molecule has 0 aromatic heterocycles. The molecule has 21 heteroatoms. The number of cyclic esters (lactones) is 2. The van der Waals surface area contributed by atoms with Gasteiger partial charge in [-0.15, -0.1) is 0 Å². The van der Waals surface area contributed by atoms with E-state index < -0.39 is 68.0 Å². The van der Waals surface area contributed by atoms with Crippen molar-refractivity contribution in [2.45, 2.75) is 107 Å². The number of halogens is 8. The zero-order chi connectivity index (χ0) is 38.1. The summed E-state index contributed by atoms with van der Waals surface area (Å²) < 4.78 is 167. The predicted molar refractivity (Wildman–Crippen MR) is 157 cm³/mol. The number of alkyl halides is 8. The molecule has 4 bridgehead atoms. The summed E-state index contributed by atoms with van der Waals surface area (Å²) in [6.07, 6.45) is 2.61. The zero-order valence-electron chi connectivity index (χ0n) is 27.7. The van der Waals surface area contributed by atoms with Gasteiger partial charge in [0.1, 0.15) is 9.84 Å². The molecule has 0 radical (unpaired) electrons. The van der Waals surface area contributed by atoms with Crippen molar-refractivity contribution in [3.05, 3.63) is 0 Å². The molecule has 6 aliphatic heterocycles. The van der Waals surface area contributed by atoms with Crippen molar-refractivity contribution >= 4 is 31.9 Å². The highest BCUT2D eigenvalue weighted by Gasteiger charge is 2.58. The third-order valence-corrected chi connectivity index (χ3v) is 12.5. The Morgan fingerprint density at radius 3 is 1.34 bits per heavy atom. The van der Waals surface area contributed by atoms with Gasteiger partial charge in [0, 0.05) is 44.3 Å². The number of ether oxygens (including phenoxy) is 4. The van der Waals surface area contributed by atoms with E-state index in [-0.39, 0.29) is 55.6 Å². The second kappa shape index (κ2) is 15.6. The minimum Gasteiger partial charge on any atom is -0.465 e. The molecule has 6 rings (SSSR count). The lowest BCUT2D eigenvalue weighted by molar-refractivity contribution is -0.198. The first-order chi connectivity index (χ1) is 22.8. The van der Waals surface area contributed by atoms with Crippen LogP contribution in [0.4, 0.5) is 35.1 Å². The van der Waals surface area contributed by atoms with E-state index in [2.05, 4.69) is 4.18 Å². The summed E-state index contributed by atoms with van der Waals surface area (Å²) in [7, 11) is -6.98. The first-order valence-electron chi connectivity index (χ1n) is 15.9. The number of carbonyl (C=O) groups is 2. The first kappa shape index (κ1) is 42.6. The van der Waals surface area contributed by atoms with Crippen molar-refractivity contribution in [2.24, 2.45) is 23.7 Å². The molecular weight excluding hydrogens is 740 g/mol. The van der Waals surface area contributed by atoms with Crippen molar-refractivity contribution in [1.29, 1.82) is 0 Å². The monoisotopic (exact) mass is 782 g/mol. The van der Waals surface area contributed by atoms with Gasteiger partial charge in [-0.25, -0.2) is 26.0 Å². The van der Waals surface area contributed by atoms with Crippen LogP contribution in [0.5, 0.6) is 0 Å². The molecule has 292 valence electrons. The molecule has 11 nitrogen and oxygen atoms in total. The fourth-order valence-corrected chi connectivity index (χ4v) is 7.91. The summed E-state index contributed by atoms with van der Waals surface area (Å²) in [6, 6.07) is 0. The maximum Gasteiger partial charge on any atom is 0.312 e. The van der Waals surface area contributed by atoms with Crippen molar-refractivity contribution < 1.29 is 84.7 Å². The Hall–Kier alpha value is -1.84. The van der Waals surface area contributed by atoms with Crippen LogP contribution < -0.4 is 0 Å². The number of fused-ring (bicyclic) bond motifs is 10. The van der Waals surface area contributed by atoms with Crippen molar-refractivity contribution in [3.8, 4) is 0 Å². The van der Waals surface area contributed by atoms with Gasteiger partial charge < -0.3 is 18.9 Å². The van der Waals surface area contributed by atoms with Gasteiger partial charge in [-0.1, -0.05) is 6.92 Å². The van der Waals surface area contributed by atoms with Crippen LogP contribution in [-0.2, 0) is 52.7 Å². The summed E-state index contributed by atoms with van der Waals surface area (Å²) in [6.45, 7) is 2.59. The molecule has 50 heavy (non-hydrogen) atoms. The molecule has 0 aromatic rings. The normalized spacial score (nSPS) is 31.4. The van der Waals surface area contributed by atoms with Gasteiger partial charge in [0.15, 0.2) is 0 Å². The number of rotatable bonds is 10. The van der Waals surface area contributed by atoms with E-state index >= 15 is 0 Å². The smallest absolute Gasteiger partial charge is 0.312 e. The van der Waals surface area contributed by atoms with Gasteiger partial charge in [0.25, 0.3) is 10.1 Å². The maximum atomic E-state index is 12.6. The largest absolute Gasteiger partial charge is 0.465 e. The van der Waals surface area contributed by atoms with Crippen molar-refractivity contribution in [1.82, 2.24) is 0 Å². The van der Waals surface area contributed by atoms with Crippen LogP contribution >= 0.6 is 0 Å². The van der Waals surface area contributed by atoms with E-state index in [1.54, 1.807) is 0 Å². The Morgan fingerprint density at radius 1 is 0.660 bits per heavy atom. The molecular formula is C29H42F8O11S2. The summed E-state index contributed by atoms with van der Waals surface area (Å²) in [5, 5.41) is 0. The van der Waals surface area contributed by atoms with Gasteiger partial charge in [-0.05, 0) is 25.7 Å². The Kier molecular flexibility index (Phi) is 13.3. The molecule has 0 N–H and O–H groups in total. The summed E-state index contributed by atoms with van der Waals surface area (Å²) in [5.74, 6) is -18.5. The zero-order valence-corrected chi connectivity index (χ0v) is 29.4. The molecule has 0 aliphatic carbocycles. The number of esters is 2. The van der Waals surface area contributed by atoms with Crippen molar-refractivity contribution in [3.63, 3.8) is 0 Å². The van der Waals surface area contributed by atoms with Gasteiger partial charge >= 0.3 is 35.6 Å². The molecule has 6 saturated heterocycles. The number of hydrogen-bond donors (Lipinski definition) is 0. The van der Waals surface area contributed by atoms with E-state index in [0.29, 0.717) is 37.3 Å². The Morgan fingerprint density at radius 2 is 1.02 bits per heavy atom. The quantitative estimate of drug-likeness (QED) is 0.176. The molecule has 6 fully saturated rings. The first-order valence-corrected chi connectivity index (χ1v) is 19.3. The highest BCUT2D eigenvalue weighted by Crippen LogP contribution is 2.48. The van der Waals surface area contributed by atoms with Gasteiger partial charge in [0.2, 0.25) is 0 Å². The Labute approximate surface area is 285 Å². The molecule has 8 atom stereocenters. The fraction of sp³-hybridized carbons (Fsp3) is 0.931. The third kappa shape index (κ3) is 10.2. The van der Waals surface area contributed by atoms with Crippen LogP contribution in [0.1, 0.15) is 59.3 Å². The van der Waals surface area contributed by atoms with E-state index in [0.717, 1.165) is 32.8 Å². The highest BCUT2D eigenvalue weighted by molar-refractivity contribution is 7.91. The van der Waals surface area contributed by atoms with Crippen molar-refractivity contribution in [2.75, 3.05) is 37.6 Å². The van der Waals surface area contributed by atoms with Crippen LogP contribution in [0.15, 0.2) is 0 Å². The maximum absolute atomic E-state index is 12.6. The van der Waals surface area contributed by atoms with E-state index in [1.165, 1.54) is 6.92 Å². The van der Waals surface area contributed by atoms with Crippen LogP contribution in [0.2, 0.25) is 0 Å². The molecule has 8 unspecified atom stereocenters. The SMILES string of the molecule is CCS(=O)(=O)CCC(F)(F)C(C)(F)F.COS(=O)(=O)CCC(F)(F)C(C)(F)F.O=C1OCC2C3CCC(O3)C12.O=C1OCC2C3CCC(O3)C12. The second-order valence-corrected chi connectivity index (χ2v) is 17.4. The summed E-state index contributed by atoms with van der Waals surface area (Å²) >= 11 is 0. The minimum absolute atomic E-state index is 0.0257. The molecule has 0 amide bonds. The predicted octanol–water partition coefficient (Wildman–Crippen LogP) is 4.42. The number of sulfone groups is 1. The van der Waals surface area contributed by atoms with Gasteiger partial charge in [-0.3, -0.25) is 13.8 Å². The summed E-state index contributed by atoms with van der Waals surface area (Å²) in [5.41, 5.74) is 0. The Bertz CT molecular complexity index is 1310. The minimum atomic E-state index is -4.35. The fourth-order valence-electron chi connectivity index (χ4n) is 6.38.